The van der Waals surface area contributed by atoms with Crippen LogP contribution in [0, 0.1) is 5.92 Å². The SMILES string of the molecule is O=C(O)C=CCCCC1COCOC1. The number of rotatable bonds is 5. The van der Waals surface area contributed by atoms with Crippen LogP contribution in [0.15, 0.2) is 12.2 Å². The van der Waals surface area contributed by atoms with Crippen molar-refractivity contribution in [3.05, 3.63) is 12.2 Å². The molecule has 4 heteroatoms. The van der Waals surface area contributed by atoms with Crippen molar-refractivity contribution in [2.75, 3.05) is 20.0 Å². The van der Waals surface area contributed by atoms with Crippen LogP contribution in [0.1, 0.15) is 19.3 Å². The lowest BCUT2D eigenvalue weighted by molar-refractivity contribution is -0.131. The lowest BCUT2D eigenvalue weighted by Crippen LogP contribution is -2.23. The summed E-state index contributed by atoms with van der Waals surface area (Å²) in [5.41, 5.74) is 0. The molecule has 1 aliphatic heterocycles. The van der Waals surface area contributed by atoms with Gasteiger partial charge in [0.05, 0.1) is 13.2 Å². The zero-order valence-corrected chi connectivity index (χ0v) is 8.15. The Bertz CT molecular complexity index is 194. The van der Waals surface area contributed by atoms with Gasteiger partial charge in [-0.1, -0.05) is 6.08 Å². The first-order valence-electron chi connectivity index (χ1n) is 4.84. The van der Waals surface area contributed by atoms with Crippen molar-refractivity contribution in [1.82, 2.24) is 0 Å². The third kappa shape index (κ3) is 4.99. The Morgan fingerprint density at radius 1 is 1.43 bits per heavy atom. The van der Waals surface area contributed by atoms with Crippen molar-refractivity contribution >= 4 is 5.97 Å². The minimum absolute atomic E-state index is 0.412. The first kappa shape index (κ1) is 11.2. The van der Waals surface area contributed by atoms with Crippen LogP contribution in [0.3, 0.4) is 0 Å². The monoisotopic (exact) mass is 200 g/mol. The smallest absolute Gasteiger partial charge is 0.327 e. The second kappa shape index (κ2) is 6.56. The van der Waals surface area contributed by atoms with Gasteiger partial charge in [0.25, 0.3) is 0 Å². The third-order valence-electron chi connectivity index (χ3n) is 2.12. The number of aliphatic carboxylic acids is 1. The van der Waals surface area contributed by atoms with Crippen LogP contribution in [0.5, 0.6) is 0 Å². The number of carbonyl (C=O) groups is 1. The Kier molecular flexibility index (Phi) is 5.25. The summed E-state index contributed by atoms with van der Waals surface area (Å²) in [6, 6.07) is 0. The Morgan fingerprint density at radius 2 is 2.14 bits per heavy atom. The molecule has 0 bridgehead atoms. The van der Waals surface area contributed by atoms with Crippen molar-refractivity contribution in [2.45, 2.75) is 19.3 Å². The number of allylic oxidation sites excluding steroid dienone is 1. The van der Waals surface area contributed by atoms with Gasteiger partial charge in [0.15, 0.2) is 0 Å². The molecular weight excluding hydrogens is 184 g/mol. The Balaban J connectivity index is 2.00. The average molecular weight is 200 g/mol. The highest BCUT2D eigenvalue weighted by Crippen LogP contribution is 2.13. The van der Waals surface area contributed by atoms with E-state index in [1.54, 1.807) is 6.08 Å². The molecule has 0 aromatic heterocycles. The number of carboxylic acids is 1. The van der Waals surface area contributed by atoms with Crippen LogP contribution in [0.25, 0.3) is 0 Å². The molecule has 80 valence electrons. The van der Waals surface area contributed by atoms with Crippen molar-refractivity contribution in [2.24, 2.45) is 5.92 Å². The summed E-state index contributed by atoms with van der Waals surface area (Å²) in [5, 5.41) is 8.33. The molecule has 4 nitrogen and oxygen atoms in total. The van der Waals surface area contributed by atoms with E-state index in [1.165, 1.54) is 6.08 Å². The largest absolute Gasteiger partial charge is 0.478 e. The normalized spacial score (nSPS) is 18.9. The van der Waals surface area contributed by atoms with E-state index < -0.39 is 5.97 Å². The van der Waals surface area contributed by atoms with Crippen molar-refractivity contribution < 1.29 is 19.4 Å². The summed E-state index contributed by atoms with van der Waals surface area (Å²) in [7, 11) is 0. The van der Waals surface area contributed by atoms with E-state index in [1.807, 2.05) is 0 Å². The molecule has 1 fully saturated rings. The van der Waals surface area contributed by atoms with E-state index in [2.05, 4.69) is 0 Å². The Hall–Kier alpha value is -0.870. The summed E-state index contributed by atoms with van der Waals surface area (Å²) in [6.45, 7) is 1.95. The van der Waals surface area contributed by atoms with Crippen LogP contribution in [-0.4, -0.2) is 31.1 Å². The molecule has 0 aromatic rings. The highest BCUT2D eigenvalue weighted by molar-refractivity contribution is 5.79. The minimum Gasteiger partial charge on any atom is -0.478 e. The number of carboxylic acid groups (broad SMARTS) is 1. The lowest BCUT2D eigenvalue weighted by atomic mass is 10.0. The second-order valence-electron chi connectivity index (χ2n) is 3.40. The maximum atomic E-state index is 10.1. The van der Waals surface area contributed by atoms with E-state index in [9.17, 15) is 4.79 Å². The van der Waals surface area contributed by atoms with E-state index >= 15 is 0 Å². The molecule has 0 atom stereocenters. The van der Waals surface area contributed by atoms with Crippen molar-refractivity contribution in [3.8, 4) is 0 Å². The van der Waals surface area contributed by atoms with Gasteiger partial charge in [0, 0.05) is 12.0 Å². The summed E-state index contributed by atoms with van der Waals surface area (Å²) in [6.07, 6.45) is 5.70. The van der Waals surface area contributed by atoms with E-state index in [4.69, 9.17) is 14.6 Å². The first-order chi connectivity index (χ1) is 6.79. The van der Waals surface area contributed by atoms with E-state index in [0.29, 0.717) is 12.7 Å². The minimum atomic E-state index is -0.880. The highest BCUT2D eigenvalue weighted by atomic mass is 16.7. The molecule has 1 heterocycles. The van der Waals surface area contributed by atoms with Crippen LogP contribution >= 0.6 is 0 Å². The first-order valence-corrected chi connectivity index (χ1v) is 4.84. The van der Waals surface area contributed by atoms with E-state index in [-0.39, 0.29) is 0 Å². The van der Waals surface area contributed by atoms with Gasteiger partial charge in [-0.3, -0.25) is 0 Å². The van der Waals surface area contributed by atoms with Gasteiger partial charge < -0.3 is 14.6 Å². The molecule has 0 spiro atoms. The van der Waals surface area contributed by atoms with Gasteiger partial charge in [-0.15, -0.1) is 0 Å². The molecule has 1 rings (SSSR count). The molecule has 1 saturated heterocycles. The summed E-state index contributed by atoms with van der Waals surface area (Å²) >= 11 is 0. The molecule has 0 radical (unpaired) electrons. The standard InChI is InChI=1S/C10H16O4/c11-10(12)5-3-1-2-4-9-6-13-8-14-7-9/h3,5,9H,1-2,4,6-8H2,(H,11,12). The molecule has 0 aromatic carbocycles. The average Bonchev–Trinajstić information content (AvgIpc) is 2.18. The third-order valence-corrected chi connectivity index (χ3v) is 2.12. The number of unbranched alkanes of at least 4 members (excludes halogenated alkanes) is 1. The fraction of sp³-hybridized carbons (Fsp3) is 0.700. The zero-order chi connectivity index (χ0) is 10.2. The molecular formula is C10H16O4. The maximum absolute atomic E-state index is 10.1. The molecule has 0 aliphatic carbocycles. The van der Waals surface area contributed by atoms with Crippen molar-refractivity contribution in [3.63, 3.8) is 0 Å². The number of hydrogen-bond donors (Lipinski definition) is 1. The molecule has 1 aliphatic rings. The summed E-state index contributed by atoms with van der Waals surface area (Å²) in [4.78, 5) is 10.1. The van der Waals surface area contributed by atoms with Crippen molar-refractivity contribution in [1.29, 1.82) is 0 Å². The quantitative estimate of drug-likeness (QED) is 0.538. The molecule has 0 saturated carbocycles. The fourth-order valence-corrected chi connectivity index (χ4v) is 1.41. The van der Waals surface area contributed by atoms with Crippen LogP contribution < -0.4 is 0 Å². The van der Waals surface area contributed by atoms with Gasteiger partial charge in [0.2, 0.25) is 0 Å². The van der Waals surface area contributed by atoms with Gasteiger partial charge >= 0.3 is 5.97 Å². The molecule has 14 heavy (non-hydrogen) atoms. The number of hydrogen-bond acceptors (Lipinski definition) is 3. The predicted octanol–water partition coefficient (Wildman–Crippen LogP) is 1.42. The topological polar surface area (TPSA) is 55.8 Å². The Labute approximate surface area is 83.5 Å². The van der Waals surface area contributed by atoms with Gasteiger partial charge in [-0.2, -0.15) is 0 Å². The van der Waals surface area contributed by atoms with Gasteiger partial charge in [0.1, 0.15) is 6.79 Å². The Morgan fingerprint density at radius 3 is 2.79 bits per heavy atom. The summed E-state index contributed by atoms with van der Waals surface area (Å²) < 4.78 is 10.3. The predicted molar refractivity (Wildman–Crippen MR) is 50.9 cm³/mol. The lowest BCUT2D eigenvalue weighted by Gasteiger charge is -2.21. The van der Waals surface area contributed by atoms with Crippen LogP contribution in [0.2, 0.25) is 0 Å². The van der Waals surface area contributed by atoms with Crippen LogP contribution in [-0.2, 0) is 14.3 Å². The highest BCUT2D eigenvalue weighted by Gasteiger charge is 2.12. The summed E-state index contributed by atoms with van der Waals surface area (Å²) in [5.74, 6) is -0.406. The fourth-order valence-electron chi connectivity index (χ4n) is 1.41. The van der Waals surface area contributed by atoms with Gasteiger partial charge in [-0.05, 0) is 19.3 Å². The molecule has 0 unspecified atom stereocenters. The van der Waals surface area contributed by atoms with Crippen LogP contribution in [0.4, 0.5) is 0 Å². The van der Waals surface area contributed by atoms with E-state index in [0.717, 1.165) is 32.5 Å². The molecule has 1 N–H and O–H groups in total. The maximum Gasteiger partial charge on any atom is 0.327 e. The number of ether oxygens (including phenoxy) is 2. The zero-order valence-electron chi connectivity index (χ0n) is 8.15. The van der Waals surface area contributed by atoms with Gasteiger partial charge in [-0.25, -0.2) is 4.79 Å². The second-order valence-corrected chi connectivity index (χ2v) is 3.40. The molecule has 0 amide bonds.